The van der Waals surface area contributed by atoms with Crippen LogP contribution < -0.4 is 5.73 Å². The molecule has 0 bridgehead atoms. The minimum Gasteiger partial charge on any atom is -0.481 e. The van der Waals surface area contributed by atoms with E-state index in [4.69, 9.17) is 10.8 Å². The lowest BCUT2D eigenvalue weighted by molar-refractivity contribution is -0.137. The van der Waals surface area contributed by atoms with Crippen molar-refractivity contribution in [2.45, 2.75) is 26.7 Å². The zero-order valence-corrected chi connectivity index (χ0v) is 9.91. The van der Waals surface area contributed by atoms with Gasteiger partial charge in [0, 0.05) is 23.9 Å². The van der Waals surface area contributed by atoms with Gasteiger partial charge in [-0.1, -0.05) is 0 Å². The molecule has 0 aromatic carbocycles. The van der Waals surface area contributed by atoms with Crippen molar-refractivity contribution in [2.24, 2.45) is 5.73 Å². The van der Waals surface area contributed by atoms with Crippen LogP contribution >= 0.6 is 0 Å². The van der Waals surface area contributed by atoms with Gasteiger partial charge in [0.2, 0.25) is 5.91 Å². The van der Waals surface area contributed by atoms with Crippen LogP contribution in [0.25, 0.3) is 6.08 Å². The summed E-state index contributed by atoms with van der Waals surface area (Å²) >= 11 is 0. The summed E-state index contributed by atoms with van der Waals surface area (Å²) in [6, 6.07) is 0. The van der Waals surface area contributed by atoms with Gasteiger partial charge >= 0.3 is 5.97 Å². The minimum absolute atomic E-state index is 0.0957. The van der Waals surface area contributed by atoms with E-state index < -0.39 is 11.9 Å². The zero-order valence-electron chi connectivity index (χ0n) is 9.91. The smallest absolute Gasteiger partial charge is 0.303 e. The molecule has 1 rings (SSSR count). The number of amides is 1. The summed E-state index contributed by atoms with van der Waals surface area (Å²) < 4.78 is 0. The summed E-state index contributed by atoms with van der Waals surface area (Å²) in [5.41, 5.74) is 8.68. The molecule has 0 fully saturated rings. The Bertz CT molecular complexity index is 472. The number of primary amides is 1. The Kier molecular flexibility index (Phi) is 4.09. The average molecular weight is 236 g/mol. The predicted molar refractivity (Wildman–Crippen MR) is 64.5 cm³/mol. The van der Waals surface area contributed by atoms with Crippen molar-refractivity contribution in [3.05, 3.63) is 28.6 Å². The number of carbonyl (C=O) groups excluding carboxylic acids is 1. The fourth-order valence-corrected chi connectivity index (χ4v) is 1.75. The Morgan fingerprint density at radius 2 is 2.06 bits per heavy atom. The Hall–Kier alpha value is -2.04. The van der Waals surface area contributed by atoms with Crippen LogP contribution in [0.2, 0.25) is 0 Å². The first-order valence-electron chi connectivity index (χ1n) is 5.29. The standard InChI is InChI=1S/C12H16N2O3/c1-7-9(3-6-12(16)17)8(2)14-10(7)4-5-11(13)15/h4-5,14H,3,6H2,1-2H3,(H2,13,15)(H,16,17)/b5-4+. The lowest BCUT2D eigenvalue weighted by atomic mass is 10.0. The maximum atomic E-state index is 10.6. The molecule has 0 unspecified atom stereocenters. The van der Waals surface area contributed by atoms with E-state index in [1.54, 1.807) is 6.08 Å². The maximum absolute atomic E-state index is 10.6. The highest BCUT2D eigenvalue weighted by Crippen LogP contribution is 2.20. The molecule has 17 heavy (non-hydrogen) atoms. The van der Waals surface area contributed by atoms with Crippen LogP contribution in [-0.2, 0) is 16.0 Å². The van der Waals surface area contributed by atoms with Crippen LogP contribution in [-0.4, -0.2) is 22.0 Å². The number of aryl methyl sites for hydroxylation is 1. The third kappa shape index (κ3) is 3.48. The van der Waals surface area contributed by atoms with Gasteiger partial charge in [0.1, 0.15) is 0 Å². The Morgan fingerprint density at radius 3 is 2.59 bits per heavy atom. The first kappa shape index (κ1) is 13.0. The SMILES string of the molecule is Cc1[nH]c(/C=C/C(N)=O)c(C)c1CCC(=O)O. The zero-order chi connectivity index (χ0) is 13.0. The van der Waals surface area contributed by atoms with Crippen molar-refractivity contribution in [3.63, 3.8) is 0 Å². The molecule has 0 aliphatic heterocycles. The number of aromatic nitrogens is 1. The van der Waals surface area contributed by atoms with E-state index in [0.717, 1.165) is 22.5 Å². The van der Waals surface area contributed by atoms with Crippen LogP contribution in [0.15, 0.2) is 6.08 Å². The van der Waals surface area contributed by atoms with Gasteiger partial charge in [-0.2, -0.15) is 0 Å². The molecule has 92 valence electrons. The number of carbonyl (C=O) groups is 2. The van der Waals surface area contributed by atoms with Crippen molar-refractivity contribution in [3.8, 4) is 0 Å². The highest BCUT2D eigenvalue weighted by atomic mass is 16.4. The Balaban J connectivity index is 2.93. The summed E-state index contributed by atoms with van der Waals surface area (Å²) in [5, 5.41) is 8.65. The fourth-order valence-electron chi connectivity index (χ4n) is 1.75. The number of nitrogens with two attached hydrogens (primary N) is 1. The summed E-state index contributed by atoms with van der Waals surface area (Å²) in [5.74, 6) is -1.33. The van der Waals surface area contributed by atoms with Crippen LogP contribution in [0.1, 0.15) is 28.9 Å². The normalized spacial score (nSPS) is 10.9. The van der Waals surface area contributed by atoms with Crippen LogP contribution in [0.3, 0.4) is 0 Å². The third-order valence-electron chi connectivity index (χ3n) is 2.63. The van der Waals surface area contributed by atoms with Crippen molar-refractivity contribution in [2.75, 3.05) is 0 Å². The number of H-pyrrole nitrogens is 1. The number of nitrogens with one attached hydrogen (secondary N) is 1. The largest absolute Gasteiger partial charge is 0.481 e. The molecule has 0 radical (unpaired) electrons. The summed E-state index contributed by atoms with van der Waals surface area (Å²) in [4.78, 5) is 24.3. The molecule has 4 N–H and O–H groups in total. The molecule has 1 aromatic rings. The molecule has 1 heterocycles. The van der Waals surface area contributed by atoms with E-state index in [0.29, 0.717) is 6.42 Å². The topological polar surface area (TPSA) is 96.2 Å². The van der Waals surface area contributed by atoms with Crippen molar-refractivity contribution < 1.29 is 14.7 Å². The highest BCUT2D eigenvalue weighted by molar-refractivity contribution is 5.90. The van der Waals surface area contributed by atoms with Gasteiger partial charge in [0.05, 0.1) is 0 Å². The summed E-state index contributed by atoms with van der Waals surface area (Å²) in [6.07, 6.45) is 3.46. The van der Waals surface area contributed by atoms with E-state index in [1.165, 1.54) is 6.08 Å². The first-order valence-corrected chi connectivity index (χ1v) is 5.29. The molecular formula is C12H16N2O3. The Morgan fingerprint density at radius 1 is 1.41 bits per heavy atom. The molecule has 0 saturated carbocycles. The van der Waals surface area contributed by atoms with Crippen LogP contribution in [0.5, 0.6) is 0 Å². The molecule has 0 aliphatic carbocycles. The van der Waals surface area contributed by atoms with E-state index in [9.17, 15) is 9.59 Å². The summed E-state index contributed by atoms with van der Waals surface area (Å²) in [7, 11) is 0. The molecule has 5 heteroatoms. The van der Waals surface area contributed by atoms with Gasteiger partial charge in [-0.05, 0) is 37.5 Å². The minimum atomic E-state index is -0.820. The van der Waals surface area contributed by atoms with Crippen LogP contribution in [0, 0.1) is 13.8 Å². The Labute approximate surface area is 99.3 Å². The molecule has 0 aliphatic rings. The number of aliphatic carboxylic acids is 1. The van der Waals surface area contributed by atoms with Crippen LogP contribution in [0.4, 0.5) is 0 Å². The van der Waals surface area contributed by atoms with E-state index in [1.807, 2.05) is 13.8 Å². The van der Waals surface area contributed by atoms with Gasteiger partial charge in [0.15, 0.2) is 0 Å². The average Bonchev–Trinajstić information content (AvgIpc) is 2.48. The highest BCUT2D eigenvalue weighted by Gasteiger charge is 2.10. The molecule has 0 spiro atoms. The summed E-state index contributed by atoms with van der Waals surface area (Å²) in [6.45, 7) is 3.77. The fraction of sp³-hybridized carbons (Fsp3) is 0.333. The van der Waals surface area contributed by atoms with Gasteiger partial charge in [-0.3, -0.25) is 9.59 Å². The van der Waals surface area contributed by atoms with E-state index in [-0.39, 0.29) is 6.42 Å². The lowest BCUT2D eigenvalue weighted by Crippen LogP contribution is -2.05. The monoisotopic (exact) mass is 236 g/mol. The van der Waals surface area contributed by atoms with Crippen molar-refractivity contribution >= 4 is 18.0 Å². The molecule has 5 nitrogen and oxygen atoms in total. The van der Waals surface area contributed by atoms with Gasteiger partial charge in [-0.15, -0.1) is 0 Å². The number of rotatable bonds is 5. The second kappa shape index (κ2) is 5.34. The number of hydrogen-bond donors (Lipinski definition) is 3. The molecule has 0 saturated heterocycles. The van der Waals surface area contributed by atoms with E-state index >= 15 is 0 Å². The number of carboxylic acids is 1. The second-order valence-corrected chi connectivity index (χ2v) is 3.90. The quantitative estimate of drug-likeness (QED) is 0.669. The molecular weight excluding hydrogens is 220 g/mol. The van der Waals surface area contributed by atoms with Gasteiger partial charge in [-0.25, -0.2) is 0 Å². The van der Waals surface area contributed by atoms with Gasteiger partial charge < -0.3 is 15.8 Å². The maximum Gasteiger partial charge on any atom is 0.303 e. The number of aromatic amines is 1. The van der Waals surface area contributed by atoms with E-state index in [2.05, 4.69) is 4.98 Å². The lowest BCUT2D eigenvalue weighted by Gasteiger charge is -1.99. The molecule has 1 amide bonds. The molecule has 1 aromatic heterocycles. The second-order valence-electron chi connectivity index (χ2n) is 3.90. The van der Waals surface area contributed by atoms with Gasteiger partial charge in [0.25, 0.3) is 0 Å². The number of carboxylic acid groups (broad SMARTS) is 1. The number of hydrogen-bond acceptors (Lipinski definition) is 2. The van der Waals surface area contributed by atoms with Crippen molar-refractivity contribution in [1.29, 1.82) is 0 Å². The van der Waals surface area contributed by atoms with Crippen molar-refractivity contribution in [1.82, 2.24) is 4.98 Å². The molecule has 0 atom stereocenters. The third-order valence-corrected chi connectivity index (χ3v) is 2.63. The predicted octanol–water partition coefficient (Wildman–Crippen LogP) is 1.15. The first-order chi connectivity index (χ1) is 7.91.